The summed E-state index contributed by atoms with van der Waals surface area (Å²) >= 11 is 0. The fourth-order valence-corrected chi connectivity index (χ4v) is 2.98. The van der Waals surface area contributed by atoms with E-state index in [2.05, 4.69) is 5.32 Å². The van der Waals surface area contributed by atoms with Gasteiger partial charge in [0.2, 0.25) is 0 Å². The molecule has 6 heteroatoms. The second-order valence-corrected chi connectivity index (χ2v) is 7.76. The van der Waals surface area contributed by atoms with Gasteiger partial charge in [-0.1, -0.05) is 30.3 Å². The average molecular weight is 414 g/mol. The second kappa shape index (κ2) is 10.7. The van der Waals surface area contributed by atoms with Crippen LogP contribution >= 0.6 is 0 Å². The van der Waals surface area contributed by atoms with Gasteiger partial charge in [0.1, 0.15) is 6.04 Å². The number of ketones is 1. The fraction of sp³-hybridized carbons (Fsp3) is 0.417. The minimum atomic E-state index is -1.01. The molecule has 6 nitrogen and oxygen atoms in total. The van der Waals surface area contributed by atoms with Gasteiger partial charge in [0.15, 0.2) is 17.3 Å². The summed E-state index contributed by atoms with van der Waals surface area (Å²) in [5.74, 6) is -0.329. The van der Waals surface area contributed by atoms with Crippen LogP contribution in [-0.4, -0.2) is 35.1 Å². The van der Waals surface area contributed by atoms with Crippen molar-refractivity contribution in [2.24, 2.45) is 0 Å². The van der Waals surface area contributed by atoms with Crippen LogP contribution in [0, 0.1) is 0 Å². The van der Waals surface area contributed by atoms with Crippen LogP contribution < -0.4 is 14.8 Å². The molecule has 0 radical (unpaired) electrons. The number of benzene rings is 2. The SMILES string of the molecule is CC(C)Oc1ccc(N[C@@H](C)C(=O)O)c(C(=O)CCc2ccccc2)c1OC(C)C. The number of hydrogen-bond acceptors (Lipinski definition) is 5. The molecule has 0 bridgehead atoms. The average Bonchev–Trinajstić information content (AvgIpc) is 2.68. The Balaban J connectivity index is 2.48. The number of carboxylic acids is 1. The van der Waals surface area contributed by atoms with Gasteiger partial charge in [0, 0.05) is 12.1 Å². The number of aliphatic carboxylic acids is 1. The predicted molar refractivity (Wildman–Crippen MR) is 118 cm³/mol. The maximum atomic E-state index is 13.3. The minimum Gasteiger partial charge on any atom is -0.487 e. The van der Waals surface area contributed by atoms with E-state index in [9.17, 15) is 14.7 Å². The minimum absolute atomic E-state index is 0.108. The first-order chi connectivity index (χ1) is 14.2. The molecule has 1 atom stereocenters. The second-order valence-electron chi connectivity index (χ2n) is 7.76. The smallest absolute Gasteiger partial charge is 0.325 e. The Hall–Kier alpha value is -3.02. The molecule has 0 aliphatic rings. The van der Waals surface area contributed by atoms with E-state index in [1.54, 1.807) is 12.1 Å². The molecular formula is C24H31NO5. The van der Waals surface area contributed by atoms with E-state index in [4.69, 9.17) is 9.47 Å². The fourth-order valence-electron chi connectivity index (χ4n) is 2.98. The molecule has 30 heavy (non-hydrogen) atoms. The zero-order chi connectivity index (χ0) is 22.3. The summed E-state index contributed by atoms with van der Waals surface area (Å²) in [5, 5.41) is 12.2. The van der Waals surface area contributed by atoms with Gasteiger partial charge in [-0.25, -0.2) is 0 Å². The quantitative estimate of drug-likeness (QED) is 0.507. The van der Waals surface area contributed by atoms with Gasteiger partial charge in [0.25, 0.3) is 0 Å². The van der Waals surface area contributed by atoms with Crippen LogP contribution in [-0.2, 0) is 11.2 Å². The van der Waals surface area contributed by atoms with Crippen molar-refractivity contribution in [2.75, 3.05) is 5.32 Å². The summed E-state index contributed by atoms with van der Waals surface area (Å²) in [7, 11) is 0. The van der Waals surface area contributed by atoms with Crippen molar-refractivity contribution < 1.29 is 24.2 Å². The summed E-state index contributed by atoms with van der Waals surface area (Å²) < 4.78 is 11.9. The zero-order valence-electron chi connectivity index (χ0n) is 18.3. The van der Waals surface area contributed by atoms with Crippen molar-refractivity contribution in [3.63, 3.8) is 0 Å². The highest BCUT2D eigenvalue weighted by molar-refractivity contribution is 6.05. The molecular weight excluding hydrogens is 382 g/mol. The Morgan fingerprint density at radius 2 is 1.57 bits per heavy atom. The summed E-state index contributed by atoms with van der Waals surface area (Å²) in [6.07, 6.45) is 0.542. The number of anilines is 1. The van der Waals surface area contributed by atoms with Crippen molar-refractivity contribution >= 4 is 17.4 Å². The normalized spacial score (nSPS) is 12.0. The molecule has 2 aromatic rings. The monoisotopic (exact) mass is 413 g/mol. The molecule has 0 amide bonds. The van der Waals surface area contributed by atoms with Gasteiger partial charge in [-0.15, -0.1) is 0 Å². The largest absolute Gasteiger partial charge is 0.487 e. The Morgan fingerprint density at radius 1 is 0.933 bits per heavy atom. The summed E-state index contributed by atoms with van der Waals surface area (Å²) in [6.45, 7) is 9.07. The van der Waals surface area contributed by atoms with Crippen LogP contribution in [0.3, 0.4) is 0 Å². The molecule has 0 saturated carbocycles. The van der Waals surface area contributed by atoms with Gasteiger partial charge < -0.3 is 19.9 Å². The van der Waals surface area contributed by atoms with Gasteiger partial charge in [-0.3, -0.25) is 9.59 Å². The van der Waals surface area contributed by atoms with Crippen molar-refractivity contribution in [2.45, 2.75) is 65.7 Å². The maximum absolute atomic E-state index is 13.3. The molecule has 0 heterocycles. The molecule has 0 aromatic heterocycles. The Labute approximate surface area is 178 Å². The number of hydrogen-bond donors (Lipinski definition) is 2. The van der Waals surface area contributed by atoms with Crippen molar-refractivity contribution in [1.82, 2.24) is 0 Å². The zero-order valence-corrected chi connectivity index (χ0v) is 18.3. The maximum Gasteiger partial charge on any atom is 0.325 e. The highest BCUT2D eigenvalue weighted by Crippen LogP contribution is 2.39. The lowest BCUT2D eigenvalue weighted by Gasteiger charge is -2.23. The van der Waals surface area contributed by atoms with E-state index >= 15 is 0 Å². The van der Waals surface area contributed by atoms with Crippen molar-refractivity contribution in [1.29, 1.82) is 0 Å². The van der Waals surface area contributed by atoms with Crippen LogP contribution in [0.15, 0.2) is 42.5 Å². The topological polar surface area (TPSA) is 84.9 Å². The van der Waals surface area contributed by atoms with Crippen LogP contribution in [0.5, 0.6) is 11.5 Å². The lowest BCUT2D eigenvalue weighted by atomic mass is 9.99. The molecule has 0 spiro atoms. The lowest BCUT2D eigenvalue weighted by molar-refractivity contribution is -0.137. The van der Waals surface area contributed by atoms with Gasteiger partial charge in [-0.2, -0.15) is 0 Å². The molecule has 2 aromatic carbocycles. The molecule has 0 saturated heterocycles. The van der Waals surface area contributed by atoms with E-state index in [1.807, 2.05) is 58.0 Å². The van der Waals surface area contributed by atoms with Crippen molar-refractivity contribution in [3.05, 3.63) is 53.6 Å². The first kappa shape index (κ1) is 23.3. The first-order valence-electron chi connectivity index (χ1n) is 10.3. The molecule has 162 valence electrons. The van der Waals surface area contributed by atoms with Crippen LogP contribution in [0.1, 0.15) is 57.0 Å². The van der Waals surface area contributed by atoms with E-state index in [1.165, 1.54) is 6.92 Å². The van der Waals surface area contributed by atoms with Crippen molar-refractivity contribution in [3.8, 4) is 11.5 Å². The standard InChI is InChI=1S/C24H31NO5/c1-15(2)29-21-14-12-19(25-17(5)24(27)28)22(23(21)30-16(3)4)20(26)13-11-18-9-7-6-8-10-18/h6-10,12,14-17,25H,11,13H2,1-5H3,(H,27,28)/t17-/m0/s1. The number of ether oxygens (including phenoxy) is 2. The first-order valence-corrected chi connectivity index (χ1v) is 10.3. The number of carbonyl (C=O) groups excluding carboxylic acids is 1. The van der Waals surface area contributed by atoms with Crippen LogP contribution in [0.4, 0.5) is 5.69 Å². The molecule has 2 rings (SSSR count). The molecule has 0 fully saturated rings. The van der Waals surface area contributed by atoms with Gasteiger partial charge in [0.05, 0.1) is 17.8 Å². The Morgan fingerprint density at radius 3 is 2.13 bits per heavy atom. The van der Waals surface area contributed by atoms with E-state index in [0.29, 0.717) is 29.2 Å². The highest BCUT2D eigenvalue weighted by Gasteiger charge is 2.25. The molecule has 0 aliphatic heterocycles. The van der Waals surface area contributed by atoms with E-state index in [0.717, 1.165) is 5.56 Å². The third-order valence-electron chi connectivity index (χ3n) is 4.34. The van der Waals surface area contributed by atoms with Gasteiger partial charge >= 0.3 is 5.97 Å². The van der Waals surface area contributed by atoms with Gasteiger partial charge in [-0.05, 0) is 58.7 Å². The van der Waals surface area contributed by atoms with E-state index in [-0.39, 0.29) is 24.4 Å². The molecule has 2 N–H and O–H groups in total. The Bertz CT molecular complexity index is 861. The summed E-state index contributed by atoms with van der Waals surface area (Å²) in [5.41, 5.74) is 1.81. The third-order valence-corrected chi connectivity index (χ3v) is 4.34. The van der Waals surface area contributed by atoms with Crippen LogP contribution in [0.2, 0.25) is 0 Å². The number of carboxylic acid groups (broad SMARTS) is 1. The highest BCUT2D eigenvalue weighted by atomic mass is 16.5. The molecule has 0 unspecified atom stereocenters. The number of rotatable bonds is 11. The number of carbonyl (C=O) groups is 2. The number of nitrogens with one attached hydrogen (secondary N) is 1. The number of Topliss-reactive ketones (excluding diaryl/α,β-unsaturated/α-hetero) is 1. The number of aryl methyl sites for hydroxylation is 1. The van der Waals surface area contributed by atoms with Crippen LogP contribution in [0.25, 0.3) is 0 Å². The third kappa shape index (κ3) is 6.51. The Kier molecular flexibility index (Phi) is 8.27. The summed E-state index contributed by atoms with van der Waals surface area (Å²) in [4.78, 5) is 24.7. The van der Waals surface area contributed by atoms with E-state index < -0.39 is 12.0 Å². The summed E-state index contributed by atoms with van der Waals surface area (Å²) in [6, 6.07) is 12.3. The predicted octanol–water partition coefficient (Wildman–Crippen LogP) is 4.96. The molecule has 0 aliphatic carbocycles. The lowest BCUT2D eigenvalue weighted by Crippen LogP contribution is -2.27.